The number of fused-ring (bicyclic) bond motifs is 1. The monoisotopic (exact) mass is 333 g/mol. The maximum atomic E-state index is 12.5. The minimum atomic E-state index is -0.702. The zero-order valence-electron chi connectivity index (χ0n) is 14.5. The van der Waals surface area contributed by atoms with Gasteiger partial charge in [0.15, 0.2) is 0 Å². The van der Waals surface area contributed by atoms with Crippen LogP contribution in [0.5, 0.6) is 5.75 Å². The Labute approximate surface area is 143 Å². The lowest BCUT2D eigenvalue weighted by atomic mass is 9.66. The molecule has 1 aliphatic carbocycles. The van der Waals surface area contributed by atoms with Gasteiger partial charge in [0.1, 0.15) is 5.75 Å². The topological polar surface area (TPSA) is 59.0 Å². The second-order valence-electron chi connectivity index (χ2n) is 6.78. The van der Waals surface area contributed by atoms with Crippen molar-refractivity contribution in [2.75, 3.05) is 20.3 Å². The van der Waals surface area contributed by atoms with Gasteiger partial charge in [0.05, 0.1) is 25.4 Å². The predicted molar refractivity (Wildman–Crippen MR) is 91.0 cm³/mol. The van der Waals surface area contributed by atoms with Crippen molar-refractivity contribution >= 4 is 6.09 Å². The molecule has 1 amide bonds. The van der Waals surface area contributed by atoms with E-state index in [0.717, 1.165) is 37.0 Å². The van der Waals surface area contributed by atoms with Crippen LogP contribution in [-0.2, 0) is 4.74 Å². The highest BCUT2D eigenvalue weighted by atomic mass is 16.6. The number of para-hydroxylation sites is 1. The molecular formula is C19H27NO4. The predicted octanol–water partition coefficient (Wildman–Crippen LogP) is 3.52. The Morgan fingerprint density at radius 1 is 1.33 bits per heavy atom. The molecular weight excluding hydrogens is 306 g/mol. The number of carbonyl (C=O) groups excluding carboxylic acids is 1. The molecule has 3 atom stereocenters. The quantitative estimate of drug-likeness (QED) is 0.919. The number of amides is 1. The number of benzene rings is 1. The van der Waals surface area contributed by atoms with Crippen LogP contribution in [0.1, 0.15) is 50.6 Å². The molecule has 5 heteroatoms. The van der Waals surface area contributed by atoms with Crippen LogP contribution in [0.2, 0.25) is 0 Å². The number of hydrogen-bond acceptors (Lipinski definition) is 4. The van der Waals surface area contributed by atoms with E-state index in [9.17, 15) is 9.90 Å². The van der Waals surface area contributed by atoms with E-state index in [-0.39, 0.29) is 18.1 Å². The van der Waals surface area contributed by atoms with Crippen LogP contribution in [0.3, 0.4) is 0 Å². The van der Waals surface area contributed by atoms with Gasteiger partial charge in [-0.2, -0.15) is 0 Å². The van der Waals surface area contributed by atoms with Crippen LogP contribution in [0.15, 0.2) is 24.3 Å². The summed E-state index contributed by atoms with van der Waals surface area (Å²) in [6.07, 6.45) is 4.15. The summed E-state index contributed by atoms with van der Waals surface area (Å²) in [6, 6.07) is 7.58. The number of carbonyl (C=O) groups is 1. The van der Waals surface area contributed by atoms with Crippen LogP contribution >= 0.6 is 0 Å². The molecule has 3 rings (SSSR count). The van der Waals surface area contributed by atoms with Gasteiger partial charge in [-0.3, -0.25) is 0 Å². The standard InChI is InChI=1S/C19H27NO4/c1-3-24-18(21)20-13-12-19(22)11-7-6-9-15(19)17(20)14-8-4-5-10-16(14)23-2/h4-5,8,10,15,17,22H,3,6-7,9,11-13H2,1-2H3/t15?,17-,19?/m0/s1. The molecule has 2 fully saturated rings. The third-order valence-corrected chi connectivity index (χ3v) is 5.53. The van der Waals surface area contributed by atoms with Crippen molar-refractivity contribution in [1.82, 2.24) is 4.90 Å². The Hall–Kier alpha value is -1.75. The van der Waals surface area contributed by atoms with Gasteiger partial charge in [-0.15, -0.1) is 0 Å². The van der Waals surface area contributed by atoms with Gasteiger partial charge in [0.25, 0.3) is 0 Å². The molecule has 0 spiro atoms. The molecule has 1 aromatic carbocycles. The van der Waals surface area contributed by atoms with Crippen molar-refractivity contribution in [2.24, 2.45) is 5.92 Å². The van der Waals surface area contributed by atoms with E-state index < -0.39 is 5.60 Å². The number of aliphatic hydroxyl groups is 1. The van der Waals surface area contributed by atoms with Crippen LogP contribution in [0.4, 0.5) is 4.79 Å². The molecule has 1 aromatic rings. The van der Waals surface area contributed by atoms with Gasteiger partial charge in [-0.1, -0.05) is 31.0 Å². The lowest BCUT2D eigenvalue weighted by Crippen LogP contribution is -2.56. The van der Waals surface area contributed by atoms with Crippen LogP contribution in [-0.4, -0.2) is 42.0 Å². The van der Waals surface area contributed by atoms with Crippen LogP contribution in [0.25, 0.3) is 0 Å². The van der Waals surface area contributed by atoms with Crippen molar-refractivity contribution < 1.29 is 19.4 Å². The largest absolute Gasteiger partial charge is 0.496 e. The molecule has 0 radical (unpaired) electrons. The molecule has 24 heavy (non-hydrogen) atoms. The third kappa shape index (κ3) is 2.97. The molecule has 1 heterocycles. The summed E-state index contributed by atoms with van der Waals surface area (Å²) >= 11 is 0. The highest BCUT2D eigenvalue weighted by Crippen LogP contribution is 2.50. The lowest BCUT2D eigenvalue weighted by molar-refractivity contribution is -0.118. The average Bonchev–Trinajstić information content (AvgIpc) is 2.60. The molecule has 5 nitrogen and oxygen atoms in total. The van der Waals surface area contributed by atoms with E-state index in [0.29, 0.717) is 19.6 Å². The van der Waals surface area contributed by atoms with E-state index in [4.69, 9.17) is 9.47 Å². The van der Waals surface area contributed by atoms with Crippen molar-refractivity contribution in [3.63, 3.8) is 0 Å². The Balaban J connectivity index is 2.03. The second-order valence-corrected chi connectivity index (χ2v) is 6.78. The zero-order valence-corrected chi connectivity index (χ0v) is 14.5. The number of rotatable bonds is 3. The lowest BCUT2D eigenvalue weighted by Gasteiger charge is -2.52. The van der Waals surface area contributed by atoms with E-state index >= 15 is 0 Å². The molecule has 1 aliphatic heterocycles. The normalized spacial score (nSPS) is 29.7. The fourth-order valence-electron chi connectivity index (χ4n) is 4.39. The van der Waals surface area contributed by atoms with Gasteiger partial charge in [0.2, 0.25) is 0 Å². The molecule has 1 saturated heterocycles. The first-order valence-corrected chi connectivity index (χ1v) is 8.89. The number of methoxy groups -OCH3 is 1. The molecule has 2 unspecified atom stereocenters. The van der Waals surface area contributed by atoms with E-state index in [1.165, 1.54) is 0 Å². The minimum absolute atomic E-state index is 0.0145. The third-order valence-electron chi connectivity index (χ3n) is 5.53. The van der Waals surface area contributed by atoms with Gasteiger partial charge in [-0.25, -0.2) is 4.79 Å². The summed E-state index contributed by atoms with van der Waals surface area (Å²) in [7, 11) is 1.64. The van der Waals surface area contributed by atoms with E-state index in [2.05, 4.69) is 0 Å². The molecule has 132 valence electrons. The van der Waals surface area contributed by atoms with E-state index in [1.807, 2.05) is 31.2 Å². The van der Waals surface area contributed by atoms with Gasteiger partial charge in [-0.05, 0) is 32.3 Å². The summed E-state index contributed by atoms with van der Waals surface area (Å²) < 4.78 is 10.8. The SMILES string of the molecule is CCOC(=O)N1CCC2(O)CCCCC2[C@@H]1c1ccccc1OC. The van der Waals surface area contributed by atoms with Gasteiger partial charge < -0.3 is 19.5 Å². The fourth-order valence-corrected chi connectivity index (χ4v) is 4.39. The maximum absolute atomic E-state index is 12.5. The van der Waals surface area contributed by atoms with Crippen molar-refractivity contribution in [3.8, 4) is 5.75 Å². The van der Waals surface area contributed by atoms with Crippen LogP contribution < -0.4 is 4.74 Å². The van der Waals surface area contributed by atoms with E-state index in [1.54, 1.807) is 12.0 Å². The highest BCUT2D eigenvalue weighted by molar-refractivity contribution is 5.69. The summed E-state index contributed by atoms with van der Waals surface area (Å²) in [5.41, 5.74) is 0.255. The number of likely N-dealkylation sites (tertiary alicyclic amines) is 1. The Morgan fingerprint density at radius 3 is 2.88 bits per heavy atom. The van der Waals surface area contributed by atoms with Crippen LogP contribution in [0, 0.1) is 5.92 Å². The average molecular weight is 333 g/mol. The Kier molecular flexibility index (Phi) is 4.99. The Bertz CT molecular complexity index is 590. The second kappa shape index (κ2) is 7.01. The molecule has 0 bridgehead atoms. The molecule has 2 aliphatic rings. The first kappa shape index (κ1) is 17.1. The summed E-state index contributed by atoms with van der Waals surface area (Å²) in [6.45, 7) is 2.67. The molecule has 0 aromatic heterocycles. The number of hydrogen-bond donors (Lipinski definition) is 1. The molecule has 1 N–H and O–H groups in total. The van der Waals surface area contributed by atoms with Crippen molar-refractivity contribution in [2.45, 2.75) is 50.7 Å². The smallest absolute Gasteiger partial charge is 0.410 e. The maximum Gasteiger partial charge on any atom is 0.410 e. The zero-order chi connectivity index (χ0) is 17.2. The molecule has 1 saturated carbocycles. The van der Waals surface area contributed by atoms with Gasteiger partial charge >= 0.3 is 6.09 Å². The fraction of sp³-hybridized carbons (Fsp3) is 0.632. The van der Waals surface area contributed by atoms with Crippen molar-refractivity contribution in [1.29, 1.82) is 0 Å². The highest BCUT2D eigenvalue weighted by Gasteiger charge is 2.51. The summed E-state index contributed by atoms with van der Waals surface area (Å²) in [4.78, 5) is 14.3. The number of ether oxygens (including phenoxy) is 2. The minimum Gasteiger partial charge on any atom is -0.496 e. The summed E-state index contributed by atoms with van der Waals surface area (Å²) in [5, 5.41) is 11.2. The number of piperidine rings is 1. The summed E-state index contributed by atoms with van der Waals surface area (Å²) in [5.74, 6) is 0.771. The van der Waals surface area contributed by atoms with Gasteiger partial charge in [0, 0.05) is 18.0 Å². The first-order chi connectivity index (χ1) is 11.6. The number of nitrogens with zero attached hydrogens (tertiary/aromatic N) is 1. The first-order valence-electron chi connectivity index (χ1n) is 8.89. The van der Waals surface area contributed by atoms with Crippen molar-refractivity contribution in [3.05, 3.63) is 29.8 Å². The Morgan fingerprint density at radius 2 is 2.12 bits per heavy atom.